The van der Waals surface area contributed by atoms with Gasteiger partial charge < -0.3 is 11.1 Å². The smallest absolute Gasteiger partial charge is 0.149 e. The van der Waals surface area contributed by atoms with E-state index >= 15 is 0 Å². The molecule has 0 amide bonds. The molecular formula is C12H20BrN3. The van der Waals surface area contributed by atoms with E-state index in [1.54, 1.807) is 6.20 Å². The van der Waals surface area contributed by atoms with Crippen molar-refractivity contribution in [2.24, 2.45) is 5.92 Å². The number of nitrogen functional groups attached to an aromatic ring is 1. The summed E-state index contributed by atoms with van der Waals surface area (Å²) in [6.45, 7) is 6.63. The van der Waals surface area contributed by atoms with E-state index in [0.717, 1.165) is 22.6 Å². The van der Waals surface area contributed by atoms with Crippen molar-refractivity contribution < 1.29 is 0 Å². The minimum atomic E-state index is 0.394. The SMILES string of the molecule is CCC(C)CC(C)Nc1ncc(Br)cc1N. The van der Waals surface area contributed by atoms with E-state index in [-0.39, 0.29) is 0 Å². The largest absolute Gasteiger partial charge is 0.396 e. The van der Waals surface area contributed by atoms with Gasteiger partial charge in [0.05, 0.1) is 5.69 Å². The molecule has 0 saturated heterocycles. The molecule has 2 unspecified atom stereocenters. The van der Waals surface area contributed by atoms with Crippen molar-refractivity contribution in [3.8, 4) is 0 Å². The molecular weight excluding hydrogens is 266 g/mol. The van der Waals surface area contributed by atoms with Crippen LogP contribution in [-0.4, -0.2) is 11.0 Å². The number of hydrogen-bond donors (Lipinski definition) is 2. The molecule has 1 rings (SSSR count). The summed E-state index contributed by atoms with van der Waals surface area (Å²) in [5.74, 6) is 1.50. The van der Waals surface area contributed by atoms with E-state index in [1.807, 2.05) is 6.07 Å². The van der Waals surface area contributed by atoms with E-state index in [4.69, 9.17) is 5.73 Å². The van der Waals surface area contributed by atoms with E-state index in [2.05, 4.69) is 47.0 Å². The lowest BCUT2D eigenvalue weighted by Gasteiger charge is -2.19. The van der Waals surface area contributed by atoms with Crippen LogP contribution in [0, 0.1) is 5.92 Å². The Labute approximate surface area is 106 Å². The van der Waals surface area contributed by atoms with Gasteiger partial charge in [0.25, 0.3) is 0 Å². The minimum absolute atomic E-state index is 0.394. The van der Waals surface area contributed by atoms with Crippen LogP contribution in [0.5, 0.6) is 0 Å². The molecule has 3 nitrogen and oxygen atoms in total. The van der Waals surface area contributed by atoms with Gasteiger partial charge >= 0.3 is 0 Å². The average Bonchev–Trinajstić information content (AvgIpc) is 2.22. The van der Waals surface area contributed by atoms with Crippen molar-refractivity contribution in [2.45, 2.75) is 39.7 Å². The van der Waals surface area contributed by atoms with Gasteiger partial charge in [-0.25, -0.2) is 4.98 Å². The molecule has 0 saturated carbocycles. The highest BCUT2D eigenvalue weighted by molar-refractivity contribution is 9.10. The van der Waals surface area contributed by atoms with Gasteiger partial charge in [-0.15, -0.1) is 0 Å². The zero-order chi connectivity index (χ0) is 12.1. The molecule has 4 heteroatoms. The number of hydrogen-bond acceptors (Lipinski definition) is 3. The second-order valence-electron chi connectivity index (χ2n) is 4.39. The molecule has 1 aromatic rings. The second-order valence-corrected chi connectivity index (χ2v) is 5.30. The monoisotopic (exact) mass is 285 g/mol. The lowest BCUT2D eigenvalue weighted by Crippen LogP contribution is -2.19. The lowest BCUT2D eigenvalue weighted by atomic mass is 10.0. The number of halogens is 1. The standard InChI is InChI=1S/C12H20BrN3/c1-4-8(2)5-9(3)16-12-11(14)6-10(13)7-15-12/h6-9H,4-5,14H2,1-3H3,(H,15,16). The van der Waals surface area contributed by atoms with Gasteiger partial charge in [0.15, 0.2) is 0 Å². The van der Waals surface area contributed by atoms with Gasteiger partial charge in [-0.05, 0) is 41.3 Å². The molecule has 16 heavy (non-hydrogen) atoms. The molecule has 0 aliphatic heterocycles. The van der Waals surface area contributed by atoms with Crippen LogP contribution >= 0.6 is 15.9 Å². The number of aromatic nitrogens is 1. The number of anilines is 2. The van der Waals surface area contributed by atoms with Crippen LogP contribution in [0.1, 0.15) is 33.6 Å². The van der Waals surface area contributed by atoms with Crippen molar-refractivity contribution >= 4 is 27.4 Å². The van der Waals surface area contributed by atoms with Gasteiger partial charge in [-0.1, -0.05) is 20.3 Å². The first kappa shape index (κ1) is 13.3. The fourth-order valence-electron chi connectivity index (χ4n) is 1.64. The fourth-order valence-corrected chi connectivity index (χ4v) is 1.99. The normalized spacial score (nSPS) is 14.5. The second kappa shape index (κ2) is 6.09. The molecule has 0 bridgehead atoms. The Balaban J connectivity index is 2.59. The van der Waals surface area contributed by atoms with Crippen LogP contribution in [0.3, 0.4) is 0 Å². The summed E-state index contributed by atoms with van der Waals surface area (Å²) in [6, 6.07) is 2.26. The van der Waals surface area contributed by atoms with Crippen molar-refractivity contribution in [1.82, 2.24) is 4.98 Å². The zero-order valence-corrected chi connectivity index (χ0v) is 11.7. The summed E-state index contributed by atoms with van der Waals surface area (Å²) in [5.41, 5.74) is 6.56. The third-order valence-corrected chi connectivity index (χ3v) is 3.15. The van der Waals surface area contributed by atoms with Crippen LogP contribution in [0.25, 0.3) is 0 Å². The molecule has 1 aromatic heterocycles. The molecule has 0 radical (unpaired) electrons. The highest BCUT2D eigenvalue weighted by Crippen LogP contribution is 2.21. The number of nitrogens with zero attached hydrogens (tertiary/aromatic N) is 1. The molecule has 0 spiro atoms. The van der Waals surface area contributed by atoms with E-state index in [0.29, 0.717) is 11.7 Å². The Morgan fingerprint density at radius 3 is 2.75 bits per heavy atom. The zero-order valence-electron chi connectivity index (χ0n) is 10.1. The summed E-state index contributed by atoms with van der Waals surface area (Å²) < 4.78 is 0.908. The van der Waals surface area contributed by atoms with Crippen LogP contribution in [-0.2, 0) is 0 Å². The maximum Gasteiger partial charge on any atom is 0.149 e. The van der Waals surface area contributed by atoms with Crippen molar-refractivity contribution in [1.29, 1.82) is 0 Å². The number of pyridine rings is 1. The lowest BCUT2D eigenvalue weighted by molar-refractivity contribution is 0.483. The van der Waals surface area contributed by atoms with Crippen LogP contribution < -0.4 is 11.1 Å². The quantitative estimate of drug-likeness (QED) is 0.868. The first-order valence-electron chi connectivity index (χ1n) is 5.70. The Hall–Kier alpha value is -0.770. The summed E-state index contributed by atoms with van der Waals surface area (Å²) in [4.78, 5) is 4.27. The summed E-state index contributed by atoms with van der Waals surface area (Å²) in [5, 5.41) is 3.35. The average molecular weight is 286 g/mol. The Bertz CT molecular complexity index is 341. The van der Waals surface area contributed by atoms with E-state index in [9.17, 15) is 0 Å². The number of nitrogens with two attached hydrogens (primary N) is 1. The Morgan fingerprint density at radius 2 is 2.19 bits per heavy atom. The molecule has 0 aromatic carbocycles. The van der Waals surface area contributed by atoms with Crippen LogP contribution in [0.15, 0.2) is 16.7 Å². The van der Waals surface area contributed by atoms with Crippen molar-refractivity contribution in [2.75, 3.05) is 11.1 Å². The number of rotatable bonds is 5. The Morgan fingerprint density at radius 1 is 1.50 bits per heavy atom. The molecule has 0 fully saturated rings. The molecule has 3 N–H and O–H groups in total. The molecule has 1 heterocycles. The summed E-state index contributed by atoms with van der Waals surface area (Å²) >= 11 is 3.34. The van der Waals surface area contributed by atoms with E-state index < -0.39 is 0 Å². The minimum Gasteiger partial charge on any atom is -0.396 e. The summed E-state index contributed by atoms with van der Waals surface area (Å²) in [6.07, 6.45) is 4.09. The van der Waals surface area contributed by atoms with Gasteiger partial charge in [-0.2, -0.15) is 0 Å². The van der Waals surface area contributed by atoms with Gasteiger partial charge in [-0.3, -0.25) is 0 Å². The summed E-state index contributed by atoms with van der Waals surface area (Å²) in [7, 11) is 0. The number of nitrogens with one attached hydrogen (secondary N) is 1. The van der Waals surface area contributed by atoms with Crippen molar-refractivity contribution in [3.63, 3.8) is 0 Å². The third kappa shape index (κ3) is 4.00. The maximum atomic E-state index is 5.88. The van der Waals surface area contributed by atoms with Gasteiger partial charge in [0.2, 0.25) is 0 Å². The highest BCUT2D eigenvalue weighted by atomic mass is 79.9. The first-order valence-corrected chi connectivity index (χ1v) is 6.49. The topological polar surface area (TPSA) is 50.9 Å². The van der Waals surface area contributed by atoms with E-state index in [1.165, 1.54) is 6.42 Å². The molecule has 90 valence electrons. The maximum absolute atomic E-state index is 5.88. The Kier molecular flexibility index (Phi) is 5.06. The van der Waals surface area contributed by atoms with Gasteiger partial charge in [0.1, 0.15) is 5.82 Å². The molecule has 0 aliphatic carbocycles. The highest BCUT2D eigenvalue weighted by Gasteiger charge is 2.09. The molecule has 0 aliphatic rings. The molecule has 2 atom stereocenters. The van der Waals surface area contributed by atoms with Gasteiger partial charge in [0, 0.05) is 16.7 Å². The first-order chi connectivity index (χ1) is 7.52. The predicted octanol–water partition coefficient (Wildman–Crippen LogP) is 3.66. The van der Waals surface area contributed by atoms with Crippen LogP contribution in [0.4, 0.5) is 11.5 Å². The fraction of sp³-hybridized carbons (Fsp3) is 0.583. The van der Waals surface area contributed by atoms with Crippen molar-refractivity contribution in [3.05, 3.63) is 16.7 Å². The third-order valence-electron chi connectivity index (χ3n) is 2.72. The predicted molar refractivity (Wildman–Crippen MR) is 73.5 cm³/mol. The van der Waals surface area contributed by atoms with Crippen LogP contribution in [0.2, 0.25) is 0 Å².